The van der Waals surface area contributed by atoms with Crippen LogP contribution in [0, 0.1) is 6.92 Å². The molecule has 1 aliphatic rings. The van der Waals surface area contributed by atoms with Gasteiger partial charge in [-0.3, -0.25) is 9.48 Å². The molecule has 0 N–H and O–H groups in total. The van der Waals surface area contributed by atoms with Crippen LogP contribution in [0.4, 0.5) is 0 Å². The van der Waals surface area contributed by atoms with Crippen molar-refractivity contribution in [2.24, 2.45) is 7.05 Å². The monoisotopic (exact) mass is 224 g/mol. The topological polar surface area (TPSA) is 34.9 Å². The van der Waals surface area contributed by atoms with Crippen molar-refractivity contribution < 1.29 is 4.79 Å². The Balaban J connectivity index is 2.24. The number of hydrogen-bond donors (Lipinski definition) is 0. The third-order valence-electron chi connectivity index (χ3n) is 2.73. The van der Waals surface area contributed by atoms with E-state index >= 15 is 0 Å². The van der Waals surface area contributed by atoms with Gasteiger partial charge in [-0.05, 0) is 25.8 Å². The quantitative estimate of drug-likeness (QED) is 0.772. The summed E-state index contributed by atoms with van der Waals surface area (Å²) in [5, 5.41) is 4.92. The van der Waals surface area contributed by atoms with Gasteiger partial charge in [0.05, 0.1) is 5.69 Å². The average molecular weight is 225 g/mol. The van der Waals surface area contributed by atoms with Gasteiger partial charge in [-0.15, -0.1) is 0 Å². The fourth-order valence-corrected chi connectivity index (χ4v) is 2.14. The molecule has 1 aromatic rings. The highest BCUT2D eigenvalue weighted by atomic mass is 35.5. The Kier molecular flexibility index (Phi) is 2.65. The van der Waals surface area contributed by atoms with Gasteiger partial charge >= 0.3 is 0 Å². The van der Waals surface area contributed by atoms with Crippen LogP contribution in [0.3, 0.4) is 0 Å². The number of aryl methyl sites for hydroxylation is 2. The molecule has 0 bridgehead atoms. The third-order valence-corrected chi connectivity index (χ3v) is 3.20. The molecular weight excluding hydrogens is 212 g/mol. The van der Waals surface area contributed by atoms with Crippen LogP contribution in [0.1, 0.15) is 24.1 Å². The summed E-state index contributed by atoms with van der Waals surface area (Å²) < 4.78 is 1.67. The van der Waals surface area contributed by atoms with Crippen LogP contribution in [0.25, 0.3) is 0 Å². The highest BCUT2D eigenvalue weighted by Gasteiger charge is 2.17. The first-order valence-electron chi connectivity index (χ1n) is 4.98. The summed E-state index contributed by atoms with van der Waals surface area (Å²) in [5.74, 6) is 0.225. The molecule has 1 aliphatic carbocycles. The molecule has 15 heavy (non-hydrogen) atoms. The summed E-state index contributed by atoms with van der Waals surface area (Å²) in [6, 6.07) is 0. The molecule has 4 heteroatoms. The zero-order valence-corrected chi connectivity index (χ0v) is 9.64. The molecule has 0 atom stereocenters. The van der Waals surface area contributed by atoms with Crippen LogP contribution < -0.4 is 0 Å². The average Bonchev–Trinajstić information content (AvgIpc) is 2.67. The standard InChI is InChI=1S/C11H13ClN2O/c1-7-10(11(12)14(2)13-7)6-8-3-4-9(15)5-8/h5H,3-4,6H2,1-2H3. The Morgan fingerprint density at radius 2 is 2.27 bits per heavy atom. The van der Waals surface area contributed by atoms with E-state index in [-0.39, 0.29) is 5.78 Å². The predicted octanol–water partition coefficient (Wildman–Crippen LogP) is 2.21. The number of carbonyl (C=O) groups excluding carboxylic acids is 1. The van der Waals surface area contributed by atoms with Gasteiger partial charge in [-0.1, -0.05) is 17.2 Å². The number of aromatic nitrogens is 2. The number of carbonyl (C=O) groups is 1. The van der Waals surface area contributed by atoms with E-state index in [1.807, 2.05) is 14.0 Å². The lowest BCUT2D eigenvalue weighted by Gasteiger charge is -2.00. The van der Waals surface area contributed by atoms with Gasteiger partial charge in [0.1, 0.15) is 5.15 Å². The van der Waals surface area contributed by atoms with Crippen LogP contribution in [0.15, 0.2) is 11.6 Å². The van der Waals surface area contributed by atoms with E-state index in [4.69, 9.17) is 11.6 Å². The highest BCUT2D eigenvalue weighted by molar-refractivity contribution is 6.30. The molecule has 0 amide bonds. The number of halogens is 1. The first kappa shape index (κ1) is 10.4. The summed E-state index contributed by atoms with van der Waals surface area (Å²) in [5.41, 5.74) is 3.15. The molecule has 0 fully saturated rings. The minimum absolute atomic E-state index is 0.225. The molecule has 0 saturated carbocycles. The van der Waals surface area contributed by atoms with Gasteiger partial charge in [0.2, 0.25) is 0 Å². The Labute approximate surface area is 93.7 Å². The maximum Gasteiger partial charge on any atom is 0.155 e. The zero-order chi connectivity index (χ0) is 11.0. The van der Waals surface area contributed by atoms with Crippen LogP contribution >= 0.6 is 11.6 Å². The molecule has 0 unspecified atom stereocenters. The van der Waals surface area contributed by atoms with E-state index in [0.29, 0.717) is 11.6 Å². The van der Waals surface area contributed by atoms with E-state index in [1.54, 1.807) is 10.8 Å². The minimum atomic E-state index is 0.225. The fourth-order valence-electron chi connectivity index (χ4n) is 1.90. The van der Waals surface area contributed by atoms with Crippen molar-refractivity contribution in [2.75, 3.05) is 0 Å². The Morgan fingerprint density at radius 3 is 2.73 bits per heavy atom. The molecule has 0 spiro atoms. The van der Waals surface area contributed by atoms with Crippen LogP contribution in [0.2, 0.25) is 5.15 Å². The SMILES string of the molecule is Cc1nn(C)c(Cl)c1CC1=CC(=O)CC1. The summed E-state index contributed by atoms with van der Waals surface area (Å²) in [7, 11) is 1.83. The normalized spacial score (nSPS) is 15.9. The second-order valence-corrected chi connectivity index (χ2v) is 4.28. The van der Waals surface area contributed by atoms with Crippen LogP contribution in [-0.4, -0.2) is 15.6 Å². The predicted molar refractivity (Wildman–Crippen MR) is 59.0 cm³/mol. The van der Waals surface area contributed by atoms with Crippen molar-refractivity contribution in [3.63, 3.8) is 0 Å². The number of hydrogen-bond acceptors (Lipinski definition) is 2. The van der Waals surface area contributed by atoms with Gasteiger partial charge in [-0.25, -0.2) is 0 Å². The van der Waals surface area contributed by atoms with Crippen LogP contribution in [0.5, 0.6) is 0 Å². The third kappa shape index (κ3) is 1.97. The molecule has 80 valence electrons. The van der Waals surface area contributed by atoms with E-state index in [0.717, 1.165) is 29.7 Å². The molecule has 0 saturated heterocycles. The second kappa shape index (κ2) is 3.81. The molecule has 1 heterocycles. The Hall–Kier alpha value is -1.09. The smallest absolute Gasteiger partial charge is 0.155 e. The first-order valence-corrected chi connectivity index (χ1v) is 5.36. The minimum Gasteiger partial charge on any atom is -0.295 e. The summed E-state index contributed by atoms with van der Waals surface area (Å²) in [6.45, 7) is 1.94. The van der Waals surface area contributed by atoms with Crippen molar-refractivity contribution in [1.29, 1.82) is 0 Å². The lowest BCUT2D eigenvalue weighted by Crippen LogP contribution is -1.91. The second-order valence-electron chi connectivity index (χ2n) is 3.92. The van der Waals surface area contributed by atoms with Gasteiger partial charge in [0, 0.05) is 19.0 Å². The molecular formula is C11H13ClN2O. The Bertz CT molecular complexity index is 446. The molecule has 0 aliphatic heterocycles. The molecule has 3 nitrogen and oxygen atoms in total. The van der Waals surface area contributed by atoms with Crippen molar-refractivity contribution in [3.05, 3.63) is 28.1 Å². The van der Waals surface area contributed by atoms with Crippen molar-refractivity contribution in [2.45, 2.75) is 26.2 Å². The lowest BCUT2D eigenvalue weighted by atomic mass is 10.1. The van der Waals surface area contributed by atoms with Crippen LogP contribution in [-0.2, 0) is 18.3 Å². The van der Waals surface area contributed by atoms with E-state index in [9.17, 15) is 4.79 Å². The van der Waals surface area contributed by atoms with Gasteiger partial charge < -0.3 is 0 Å². The lowest BCUT2D eigenvalue weighted by molar-refractivity contribution is -0.114. The fraction of sp³-hybridized carbons (Fsp3) is 0.455. The zero-order valence-electron chi connectivity index (χ0n) is 8.88. The number of ketones is 1. The molecule has 2 rings (SSSR count). The maximum atomic E-state index is 11.1. The number of rotatable bonds is 2. The summed E-state index contributed by atoms with van der Waals surface area (Å²) >= 11 is 6.12. The Morgan fingerprint density at radius 1 is 1.53 bits per heavy atom. The number of nitrogens with zero attached hydrogens (tertiary/aromatic N) is 2. The molecule has 0 radical (unpaired) electrons. The maximum absolute atomic E-state index is 11.1. The summed E-state index contributed by atoms with van der Waals surface area (Å²) in [4.78, 5) is 11.1. The largest absolute Gasteiger partial charge is 0.295 e. The van der Waals surface area contributed by atoms with Gasteiger partial charge in [0.15, 0.2) is 5.78 Å². The molecule has 0 aromatic carbocycles. The van der Waals surface area contributed by atoms with Gasteiger partial charge in [-0.2, -0.15) is 5.10 Å². The van der Waals surface area contributed by atoms with E-state index < -0.39 is 0 Å². The number of allylic oxidation sites excluding steroid dienone is 2. The van der Waals surface area contributed by atoms with Crippen molar-refractivity contribution >= 4 is 17.4 Å². The van der Waals surface area contributed by atoms with E-state index in [1.165, 1.54) is 0 Å². The van der Waals surface area contributed by atoms with Crippen molar-refractivity contribution in [1.82, 2.24) is 9.78 Å². The summed E-state index contributed by atoms with van der Waals surface area (Å²) in [6.07, 6.45) is 4.00. The highest BCUT2D eigenvalue weighted by Crippen LogP contribution is 2.26. The first-order chi connectivity index (χ1) is 7.08. The van der Waals surface area contributed by atoms with E-state index in [2.05, 4.69) is 5.10 Å². The van der Waals surface area contributed by atoms with Crippen molar-refractivity contribution in [3.8, 4) is 0 Å². The molecule has 1 aromatic heterocycles. The van der Waals surface area contributed by atoms with Gasteiger partial charge in [0.25, 0.3) is 0 Å².